The highest BCUT2D eigenvalue weighted by molar-refractivity contribution is 7.15. The molecule has 1 aromatic carbocycles. The van der Waals surface area contributed by atoms with Gasteiger partial charge in [0, 0.05) is 29.1 Å². The Morgan fingerprint density at radius 1 is 1.39 bits per heavy atom. The largest absolute Gasteiger partial charge is 0.497 e. The van der Waals surface area contributed by atoms with E-state index in [1.807, 2.05) is 12.1 Å². The summed E-state index contributed by atoms with van der Waals surface area (Å²) in [6.07, 6.45) is 4.17. The first kappa shape index (κ1) is 16.4. The number of hydrogen-bond donors (Lipinski definition) is 2. The normalized spacial score (nSPS) is 18.5. The number of ether oxygens (including phenoxy) is 1. The van der Waals surface area contributed by atoms with E-state index >= 15 is 0 Å². The monoisotopic (exact) mass is 332 g/mol. The first-order valence-electron chi connectivity index (χ1n) is 8.22. The molecule has 4 nitrogen and oxygen atoms in total. The van der Waals surface area contributed by atoms with Crippen molar-refractivity contribution >= 4 is 11.3 Å². The maximum Gasteiger partial charge on any atom is 0.123 e. The summed E-state index contributed by atoms with van der Waals surface area (Å²) in [4.78, 5) is 6.24. The molecule has 5 heteroatoms. The summed E-state index contributed by atoms with van der Waals surface area (Å²) in [5.74, 6) is 0.868. The van der Waals surface area contributed by atoms with E-state index in [0.717, 1.165) is 35.6 Å². The van der Waals surface area contributed by atoms with Gasteiger partial charge in [0.15, 0.2) is 0 Å². The lowest BCUT2D eigenvalue weighted by molar-refractivity contribution is 0.260. The highest BCUT2D eigenvalue weighted by Gasteiger charge is 2.25. The Morgan fingerprint density at radius 3 is 2.87 bits per heavy atom. The summed E-state index contributed by atoms with van der Waals surface area (Å²) in [5, 5.41) is 13.8. The lowest BCUT2D eigenvalue weighted by atomic mass is 9.97. The summed E-state index contributed by atoms with van der Waals surface area (Å²) >= 11 is 1.79. The number of aryl methyl sites for hydroxylation is 1. The Labute approximate surface area is 141 Å². The molecule has 1 unspecified atom stereocenters. The van der Waals surface area contributed by atoms with Crippen LogP contribution in [0.2, 0.25) is 0 Å². The van der Waals surface area contributed by atoms with Crippen molar-refractivity contribution in [2.75, 3.05) is 13.7 Å². The van der Waals surface area contributed by atoms with Crippen LogP contribution in [0.1, 0.15) is 42.8 Å². The Kier molecular flexibility index (Phi) is 5.30. The smallest absolute Gasteiger partial charge is 0.123 e. The van der Waals surface area contributed by atoms with E-state index in [4.69, 9.17) is 14.8 Å². The number of benzene rings is 1. The van der Waals surface area contributed by atoms with Crippen molar-refractivity contribution < 1.29 is 9.84 Å². The quantitative estimate of drug-likeness (QED) is 0.849. The second-order valence-electron chi connectivity index (χ2n) is 6.08. The maximum absolute atomic E-state index is 9.10. The second-order valence-corrected chi connectivity index (χ2v) is 7.11. The predicted molar refractivity (Wildman–Crippen MR) is 94.1 cm³/mol. The molecule has 1 heterocycles. The molecule has 2 aromatic rings. The number of nitrogens with zero attached hydrogens (tertiary/aromatic N) is 1. The third-order valence-corrected chi connectivity index (χ3v) is 5.60. The van der Waals surface area contributed by atoms with E-state index in [1.165, 1.54) is 17.0 Å². The van der Waals surface area contributed by atoms with Gasteiger partial charge in [-0.25, -0.2) is 4.98 Å². The third kappa shape index (κ3) is 3.74. The SMILES string of the molecule is COc1ccc(-c2nc3c(s2)C(N[C@H](C)CCO)CCC3)cc1. The van der Waals surface area contributed by atoms with E-state index in [9.17, 15) is 0 Å². The van der Waals surface area contributed by atoms with Crippen LogP contribution >= 0.6 is 11.3 Å². The van der Waals surface area contributed by atoms with Gasteiger partial charge in [-0.1, -0.05) is 0 Å². The topological polar surface area (TPSA) is 54.4 Å². The molecule has 0 bridgehead atoms. The zero-order valence-electron chi connectivity index (χ0n) is 13.7. The lowest BCUT2D eigenvalue weighted by Crippen LogP contribution is -2.32. The van der Waals surface area contributed by atoms with Crippen molar-refractivity contribution in [3.05, 3.63) is 34.8 Å². The zero-order chi connectivity index (χ0) is 16.2. The zero-order valence-corrected chi connectivity index (χ0v) is 14.5. The summed E-state index contributed by atoms with van der Waals surface area (Å²) in [7, 11) is 1.68. The molecule has 0 saturated heterocycles. The molecule has 2 N–H and O–H groups in total. The van der Waals surface area contributed by atoms with Crippen molar-refractivity contribution in [3.8, 4) is 16.3 Å². The van der Waals surface area contributed by atoms with Crippen molar-refractivity contribution in [2.24, 2.45) is 0 Å². The number of aliphatic hydroxyl groups excluding tert-OH is 1. The number of thiazole rings is 1. The van der Waals surface area contributed by atoms with Gasteiger partial charge >= 0.3 is 0 Å². The van der Waals surface area contributed by atoms with Gasteiger partial charge in [-0.15, -0.1) is 11.3 Å². The van der Waals surface area contributed by atoms with Gasteiger partial charge in [0.25, 0.3) is 0 Å². The summed E-state index contributed by atoms with van der Waals surface area (Å²) in [6.45, 7) is 2.36. The fraction of sp³-hybridized carbons (Fsp3) is 0.500. The number of methoxy groups -OCH3 is 1. The van der Waals surface area contributed by atoms with Crippen LogP contribution in [-0.4, -0.2) is 29.8 Å². The van der Waals surface area contributed by atoms with Gasteiger partial charge in [-0.05, 0) is 56.9 Å². The average Bonchev–Trinajstić information content (AvgIpc) is 3.00. The third-order valence-electron chi connectivity index (χ3n) is 4.34. The molecule has 23 heavy (non-hydrogen) atoms. The predicted octanol–water partition coefficient (Wildman–Crippen LogP) is 3.56. The van der Waals surface area contributed by atoms with E-state index in [2.05, 4.69) is 24.4 Å². The molecule has 0 amide bonds. The van der Waals surface area contributed by atoms with Crippen LogP contribution in [0.3, 0.4) is 0 Å². The van der Waals surface area contributed by atoms with Crippen LogP contribution in [0, 0.1) is 0 Å². The minimum atomic E-state index is 0.230. The Morgan fingerprint density at radius 2 is 2.17 bits per heavy atom. The molecule has 0 spiro atoms. The molecule has 0 radical (unpaired) electrons. The minimum Gasteiger partial charge on any atom is -0.497 e. The van der Waals surface area contributed by atoms with Crippen LogP contribution in [-0.2, 0) is 6.42 Å². The van der Waals surface area contributed by atoms with Gasteiger partial charge in [0.1, 0.15) is 10.8 Å². The van der Waals surface area contributed by atoms with Crippen molar-refractivity contribution in [1.29, 1.82) is 0 Å². The standard InChI is InChI=1S/C18H24N2O2S/c1-12(10-11-21)19-15-4-3-5-16-17(15)23-18(20-16)13-6-8-14(22-2)9-7-13/h6-9,12,15,19,21H,3-5,10-11H2,1-2H3/t12-,15?/m1/s1. The first-order valence-corrected chi connectivity index (χ1v) is 9.04. The summed E-state index contributed by atoms with van der Waals surface area (Å²) < 4.78 is 5.22. The first-order chi connectivity index (χ1) is 11.2. The molecule has 0 aliphatic heterocycles. The second kappa shape index (κ2) is 7.43. The van der Waals surface area contributed by atoms with Crippen molar-refractivity contribution in [1.82, 2.24) is 10.3 Å². The lowest BCUT2D eigenvalue weighted by Gasteiger charge is -2.25. The van der Waals surface area contributed by atoms with Crippen LogP contribution in [0.25, 0.3) is 10.6 Å². The van der Waals surface area contributed by atoms with E-state index in [1.54, 1.807) is 18.4 Å². The molecule has 1 aliphatic rings. The van der Waals surface area contributed by atoms with E-state index in [0.29, 0.717) is 12.1 Å². The van der Waals surface area contributed by atoms with Gasteiger partial charge in [-0.3, -0.25) is 0 Å². The maximum atomic E-state index is 9.10. The fourth-order valence-corrected chi connectivity index (χ4v) is 4.27. The van der Waals surface area contributed by atoms with Gasteiger partial charge in [-0.2, -0.15) is 0 Å². The van der Waals surface area contributed by atoms with Crippen LogP contribution in [0.15, 0.2) is 24.3 Å². The highest BCUT2D eigenvalue weighted by atomic mass is 32.1. The Hall–Kier alpha value is -1.43. The van der Waals surface area contributed by atoms with Gasteiger partial charge in [0.2, 0.25) is 0 Å². The highest BCUT2D eigenvalue weighted by Crippen LogP contribution is 2.38. The number of rotatable bonds is 6. The van der Waals surface area contributed by atoms with Gasteiger partial charge in [0.05, 0.1) is 12.8 Å². The molecule has 3 rings (SSSR count). The molecular formula is C18H24N2O2S. The number of nitrogens with one attached hydrogen (secondary N) is 1. The van der Waals surface area contributed by atoms with Crippen LogP contribution in [0.5, 0.6) is 5.75 Å². The Balaban J connectivity index is 1.82. The summed E-state index contributed by atoms with van der Waals surface area (Å²) in [5.41, 5.74) is 2.38. The van der Waals surface area contributed by atoms with Crippen LogP contribution in [0.4, 0.5) is 0 Å². The van der Waals surface area contributed by atoms with E-state index in [-0.39, 0.29) is 6.61 Å². The van der Waals surface area contributed by atoms with Crippen molar-refractivity contribution in [2.45, 2.75) is 44.7 Å². The molecule has 0 saturated carbocycles. The number of hydrogen-bond acceptors (Lipinski definition) is 5. The molecule has 2 atom stereocenters. The molecule has 1 aromatic heterocycles. The number of aromatic nitrogens is 1. The summed E-state index contributed by atoms with van der Waals surface area (Å²) in [6, 6.07) is 8.79. The number of aliphatic hydroxyl groups is 1. The number of fused-ring (bicyclic) bond motifs is 1. The fourth-order valence-electron chi connectivity index (χ4n) is 3.06. The molecular weight excluding hydrogens is 308 g/mol. The molecule has 0 fully saturated rings. The van der Waals surface area contributed by atoms with E-state index < -0.39 is 0 Å². The molecule has 1 aliphatic carbocycles. The van der Waals surface area contributed by atoms with Crippen LogP contribution < -0.4 is 10.1 Å². The van der Waals surface area contributed by atoms with Gasteiger partial charge < -0.3 is 15.2 Å². The minimum absolute atomic E-state index is 0.230. The van der Waals surface area contributed by atoms with Crippen molar-refractivity contribution in [3.63, 3.8) is 0 Å². The average molecular weight is 332 g/mol. The Bertz CT molecular complexity index is 639. The molecule has 124 valence electrons.